The van der Waals surface area contributed by atoms with Crippen molar-refractivity contribution in [1.29, 1.82) is 0 Å². The molecule has 3 heteroatoms. The van der Waals surface area contributed by atoms with Crippen LogP contribution in [0.4, 0.5) is 0 Å². The van der Waals surface area contributed by atoms with E-state index in [1.54, 1.807) is 7.11 Å². The maximum atomic E-state index is 5.73. The summed E-state index contributed by atoms with van der Waals surface area (Å²) in [5.74, 6) is 0.608. The summed E-state index contributed by atoms with van der Waals surface area (Å²) >= 11 is 2.69. The summed E-state index contributed by atoms with van der Waals surface area (Å²) in [6.45, 7) is 0.877. The summed E-state index contributed by atoms with van der Waals surface area (Å²) < 4.78 is 11.7. The quantitative estimate of drug-likeness (QED) is 0.571. The smallest absolute Gasteiger partial charge is 0.161 e. The Morgan fingerprint density at radius 2 is 1.93 bits per heavy atom. The molecule has 2 unspecified atom stereocenters. The molecular formula is C12H21IO2. The number of hydrogen-bond donors (Lipinski definition) is 0. The Labute approximate surface area is 106 Å². The minimum Gasteiger partial charge on any atom is -0.356 e. The fourth-order valence-corrected chi connectivity index (χ4v) is 4.37. The minimum absolute atomic E-state index is 0.0498. The van der Waals surface area contributed by atoms with E-state index in [0.29, 0.717) is 9.34 Å². The first kappa shape index (κ1) is 12.1. The molecule has 0 bridgehead atoms. The van der Waals surface area contributed by atoms with Gasteiger partial charge >= 0.3 is 0 Å². The van der Waals surface area contributed by atoms with Crippen molar-refractivity contribution in [3.05, 3.63) is 0 Å². The van der Waals surface area contributed by atoms with E-state index < -0.39 is 0 Å². The van der Waals surface area contributed by atoms with Crippen molar-refractivity contribution >= 4 is 22.6 Å². The SMILES string of the molecule is COC1OCCCC1C1(I)CCCCC1. The van der Waals surface area contributed by atoms with E-state index >= 15 is 0 Å². The second-order valence-electron chi connectivity index (χ2n) is 4.82. The van der Waals surface area contributed by atoms with E-state index in [4.69, 9.17) is 9.47 Å². The third kappa shape index (κ3) is 2.67. The standard InChI is InChI=1S/C12H21IO2/c1-14-11-10(6-5-9-15-11)12(13)7-3-2-4-8-12/h10-11H,2-9H2,1H3. The monoisotopic (exact) mass is 324 g/mol. The Bertz CT molecular complexity index is 202. The van der Waals surface area contributed by atoms with Gasteiger partial charge in [0.05, 0.1) is 0 Å². The Kier molecular flexibility index (Phi) is 4.30. The minimum atomic E-state index is 0.0498. The molecule has 1 saturated heterocycles. The summed E-state index contributed by atoms with van der Waals surface area (Å²) in [7, 11) is 1.78. The van der Waals surface area contributed by atoms with Gasteiger partial charge in [0.2, 0.25) is 0 Å². The Balaban J connectivity index is 2.04. The molecule has 1 heterocycles. The van der Waals surface area contributed by atoms with Gasteiger partial charge in [0, 0.05) is 23.1 Å². The maximum Gasteiger partial charge on any atom is 0.161 e. The number of hydrogen-bond acceptors (Lipinski definition) is 2. The van der Waals surface area contributed by atoms with Crippen LogP contribution in [0.25, 0.3) is 0 Å². The second kappa shape index (κ2) is 5.32. The Hall–Kier alpha value is 0.650. The van der Waals surface area contributed by atoms with Gasteiger partial charge in [0.15, 0.2) is 6.29 Å². The lowest BCUT2D eigenvalue weighted by atomic mass is 9.77. The molecule has 1 aliphatic heterocycles. The van der Waals surface area contributed by atoms with Crippen molar-refractivity contribution in [2.24, 2.45) is 5.92 Å². The molecule has 88 valence electrons. The predicted octanol–water partition coefficient (Wildman–Crippen LogP) is 3.52. The summed E-state index contributed by atoms with van der Waals surface area (Å²) in [6, 6.07) is 0. The molecule has 2 atom stereocenters. The Morgan fingerprint density at radius 1 is 1.20 bits per heavy atom. The second-order valence-corrected chi connectivity index (χ2v) is 6.97. The first-order valence-corrected chi connectivity index (χ1v) is 7.17. The fourth-order valence-electron chi connectivity index (χ4n) is 3.00. The zero-order valence-electron chi connectivity index (χ0n) is 9.51. The predicted molar refractivity (Wildman–Crippen MR) is 69.3 cm³/mol. The third-order valence-electron chi connectivity index (χ3n) is 3.85. The van der Waals surface area contributed by atoms with Crippen molar-refractivity contribution in [3.8, 4) is 0 Å². The van der Waals surface area contributed by atoms with E-state index in [1.807, 2.05) is 0 Å². The summed E-state index contributed by atoms with van der Waals surface area (Å²) in [4.78, 5) is 0. The van der Waals surface area contributed by atoms with Crippen molar-refractivity contribution in [2.45, 2.75) is 54.7 Å². The van der Waals surface area contributed by atoms with Crippen molar-refractivity contribution in [2.75, 3.05) is 13.7 Å². The summed E-state index contributed by atoms with van der Waals surface area (Å²) in [5, 5.41) is 0. The molecule has 0 aromatic carbocycles. The van der Waals surface area contributed by atoms with E-state index in [-0.39, 0.29) is 6.29 Å². The molecular weight excluding hydrogens is 303 g/mol. The average molecular weight is 324 g/mol. The van der Waals surface area contributed by atoms with Crippen LogP contribution in [0.15, 0.2) is 0 Å². The molecule has 0 radical (unpaired) electrons. The van der Waals surface area contributed by atoms with Gasteiger partial charge in [-0.25, -0.2) is 0 Å². The van der Waals surface area contributed by atoms with Gasteiger partial charge in [-0.2, -0.15) is 0 Å². The molecule has 0 aromatic heterocycles. The highest BCUT2D eigenvalue weighted by Gasteiger charge is 2.43. The molecule has 0 aromatic rings. The zero-order chi connectivity index (χ0) is 10.7. The molecule has 0 spiro atoms. The van der Waals surface area contributed by atoms with Crippen LogP contribution in [0.5, 0.6) is 0 Å². The molecule has 2 aliphatic rings. The maximum absolute atomic E-state index is 5.73. The van der Waals surface area contributed by atoms with Gasteiger partial charge in [-0.15, -0.1) is 0 Å². The van der Waals surface area contributed by atoms with Gasteiger partial charge in [0.25, 0.3) is 0 Å². The van der Waals surface area contributed by atoms with E-state index in [9.17, 15) is 0 Å². The molecule has 1 aliphatic carbocycles. The lowest BCUT2D eigenvalue weighted by Gasteiger charge is -2.44. The number of methoxy groups -OCH3 is 1. The van der Waals surface area contributed by atoms with E-state index in [0.717, 1.165) is 6.61 Å². The van der Waals surface area contributed by atoms with E-state index in [1.165, 1.54) is 44.9 Å². The van der Waals surface area contributed by atoms with Crippen LogP contribution in [0.2, 0.25) is 0 Å². The number of alkyl halides is 1. The molecule has 2 nitrogen and oxygen atoms in total. The molecule has 0 N–H and O–H groups in total. The largest absolute Gasteiger partial charge is 0.356 e. The van der Waals surface area contributed by atoms with Gasteiger partial charge < -0.3 is 9.47 Å². The Morgan fingerprint density at radius 3 is 2.60 bits per heavy atom. The normalized spacial score (nSPS) is 36.4. The fraction of sp³-hybridized carbons (Fsp3) is 1.00. The van der Waals surface area contributed by atoms with Crippen molar-refractivity contribution in [3.63, 3.8) is 0 Å². The first-order valence-electron chi connectivity index (χ1n) is 6.09. The number of rotatable bonds is 2. The highest BCUT2D eigenvalue weighted by Crippen LogP contribution is 2.47. The van der Waals surface area contributed by atoms with E-state index in [2.05, 4.69) is 22.6 Å². The lowest BCUT2D eigenvalue weighted by Crippen LogP contribution is -2.45. The molecule has 2 fully saturated rings. The van der Waals surface area contributed by atoms with Crippen LogP contribution in [-0.4, -0.2) is 23.4 Å². The average Bonchev–Trinajstić information content (AvgIpc) is 2.30. The van der Waals surface area contributed by atoms with Crippen molar-refractivity contribution in [1.82, 2.24) is 0 Å². The topological polar surface area (TPSA) is 18.5 Å². The van der Waals surface area contributed by atoms with Crippen molar-refractivity contribution < 1.29 is 9.47 Å². The number of halogens is 1. The van der Waals surface area contributed by atoms with Crippen LogP contribution in [0.1, 0.15) is 44.9 Å². The highest BCUT2D eigenvalue weighted by atomic mass is 127. The molecule has 1 saturated carbocycles. The highest BCUT2D eigenvalue weighted by molar-refractivity contribution is 14.1. The van der Waals surface area contributed by atoms with Gasteiger partial charge in [0.1, 0.15) is 0 Å². The van der Waals surface area contributed by atoms with Crippen LogP contribution in [0, 0.1) is 5.92 Å². The molecule has 2 rings (SSSR count). The van der Waals surface area contributed by atoms with Crippen LogP contribution in [-0.2, 0) is 9.47 Å². The summed E-state index contributed by atoms with van der Waals surface area (Å²) in [5.41, 5.74) is 0. The van der Waals surface area contributed by atoms with Crippen LogP contribution < -0.4 is 0 Å². The summed E-state index contributed by atoms with van der Waals surface area (Å²) in [6.07, 6.45) is 9.41. The van der Waals surface area contributed by atoms with Gasteiger partial charge in [-0.3, -0.25) is 0 Å². The first-order chi connectivity index (χ1) is 7.26. The molecule has 0 amide bonds. The van der Waals surface area contributed by atoms with Crippen LogP contribution in [0.3, 0.4) is 0 Å². The van der Waals surface area contributed by atoms with Gasteiger partial charge in [-0.05, 0) is 25.7 Å². The lowest BCUT2D eigenvalue weighted by molar-refractivity contribution is -0.185. The molecule has 15 heavy (non-hydrogen) atoms. The van der Waals surface area contributed by atoms with Gasteiger partial charge in [-0.1, -0.05) is 41.9 Å². The van der Waals surface area contributed by atoms with Crippen LogP contribution >= 0.6 is 22.6 Å². The number of ether oxygens (including phenoxy) is 2. The third-order valence-corrected chi connectivity index (χ3v) is 5.73. The zero-order valence-corrected chi connectivity index (χ0v) is 11.7.